The molecule has 3 aliphatic heterocycles. The first-order chi connectivity index (χ1) is 15.4. The van der Waals surface area contributed by atoms with Crippen LogP contribution in [-0.2, 0) is 14.8 Å². The number of hydrogen-bond acceptors (Lipinski definition) is 6. The molecule has 1 saturated heterocycles. The van der Waals surface area contributed by atoms with Gasteiger partial charge in [-0.25, -0.2) is 8.42 Å². The van der Waals surface area contributed by atoms with Gasteiger partial charge in [-0.15, -0.1) is 4.40 Å². The molecule has 1 N–H and O–H groups in total. The maximum atomic E-state index is 13.1. The maximum Gasteiger partial charge on any atom is 0.257 e. The third-order valence-electron chi connectivity index (χ3n) is 5.91. The molecule has 10 heteroatoms. The standard InChI is InChI=1S/C22H22N4O4S2/c27-20(23-17-4-2-1-3-5-17)15-8-10-25(11-9-15)21(28)16-6-7-18-19(14-16)31-22-24-32(29,30)13-12-26(18)22/h1-7,14-15H,8-13H2,(H,23,27). The molecule has 0 radical (unpaired) electrons. The highest BCUT2D eigenvalue weighted by molar-refractivity contribution is 8.15. The number of likely N-dealkylation sites (tertiary alicyclic amines) is 1. The molecule has 0 atom stereocenters. The smallest absolute Gasteiger partial charge is 0.257 e. The summed E-state index contributed by atoms with van der Waals surface area (Å²) in [5, 5.41) is 3.39. The number of nitrogens with zero attached hydrogens (tertiary/aromatic N) is 3. The number of carbonyl (C=O) groups excluding carboxylic acids is 2. The third kappa shape index (κ3) is 4.12. The molecule has 32 heavy (non-hydrogen) atoms. The lowest BCUT2D eigenvalue weighted by Gasteiger charge is -2.31. The third-order valence-corrected chi connectivity index (χ3v) is 8.22. The van der Waals surface area contributed by atoms with Crippen molar-refractivity contribution in [2.24, 2.45) is 10.3 Å². The molecule has 5 rings (SSSR count). The van der Waals surface area contributed by atoms with E-state index in [-0.39, 0.29) is 23.5 Å². The quantitative estimate of drug-likeness (QED) is 0.741. The Balaban J connectivity index is 1.23. The molecule has 1 fully saturated rings. The van der Waals surface area contributed by atoms with Crippen LogP contribution in [0.3, 0.4) is 0 Å². The Morgan fingerprint density at radius 3 is 2.53 bits per heavy atom. The average molecular weight is 471 g/mol. The number of rotatable bonds is 3. The average Bonchev–Trinajstić information content (AvgIpc) is 3.14. The number of piperidine rings is 1. The van der Waals surface area contributed by atoms with Crippen LogP contribution >= 0.6 is 11.8 Å². The Morgan fingerprint density at radius 2 is 1.78 bits per heavy atom. The Hall–Kier alpha value is -2.85. The molecule has 0 saturated carbocycles. The van der Waals surface area contributed by atoms with Gasteiger partial charge in [-0.1, -0.05) is 18.2 Å². The molecule has 2 aromatic carbocycles. The van der Waals surface area contributed by atoms with Gasteiger partial charge in [0.25, 0.3) is 15.9 Å². The summed E-state index contributed by atoms with van der Waals surface area (Å²) < 4.78 is 27.4. The second kappa shape index (κ2) is 8.25. The minimum atomic E-state index is -3.41. The SMILES string of the molecule is O=C(Nc1ccccc1)C1CCN(C(=O)c2ccc3c(c2)SC2=NS(=O)(=O)CCN23)CC1. The number of carbonyl (C=O) groups is 2. The fourth-order valence-electron chi connectivity index (χ4n) is 4.16. The van der Waals surface area contributed by atoms with E-state index in [4.69, 9.17) is 0 Å². The Kier molecular flexibility index (Phi) is 5.42. The number of hydrogen-bond donors (Lipinski definition) is 1. The summed E-state index contributed by atoms with van der Waals surface area (Å²) >= 11 is 1.28. The number of para-hydroxylation sites is 1. The van der Waals surface area contributed by atoms with Gasteiger partial charge >= 0.3 is 0 Å². The number of benzene rings is 2. The molecule has 8 nitrogen and oxygen atoms in total. The summed E-state index contributed by atoms with van der Waals surface area (Å²) in [6.07, 6.45) is 1.24. The van der Waals surface area contributed by atoms with Gasteiger partial charge in [-0.2, -0.15) is 0 Å². The number of sulfonamides is 1. The lowest BCUT2D eigenvalue weighted by atomic mass is 9.95. The van der Waals surface area contributed by atoms with Crippen molar-refractivity contribution in [1.29, 1.82) is 0 Å². The number of amides is 2. The highest BCUT2D eigenvalue weighted by atomic mass is 32.2. The summed E-state index contributed by atoms with van der Waals surface area (Å²) in [7, 11) is -3.41. The first kappa shape index (κ1) is 21.0. The van der Waals surface area contributed by atoms with Crippen molar-refractivity contribution in [3.8, 4) is 0 Å². The van der Waals surface area contributed by atoms with Crippen LogP contribution in [0.1, 0.15) is 23.2 Å². The van der Waals surface area contributed by atoms with E-state index in [1.807, 2.05) is 47.4 Å². The van der Waals surface area contributed by atoms with Crippen molar-refractivity contribution in [2.45, 2.75) is 17.7 Å². The lowest BCUT2D eigenvalue weighted by Crippen LogP contribution is -2.41. The molecule has 0 bridgehead atoms. The molecule has 2 amide bonds. The predicted octanol–water partition coefficient (Wildman–Crippen LogP) is 2.79. The number of nitrogens with one attached hydrogen (secondary N) is 1. The van der Waals surface area contributed by atoms with E-state index in [0.29, 0.717) is 43.2 Å². The van der Waals surface area contributed by atoms with E-state index in [1.165, 1.54) is 11.8 Å². The summed E-state index contributed by atoms with van der Waals surface area (Å²) in [5.41, 5.74) is 2.23. The normalized spacial score (nSPS) is 19.7. The fourth-order valence-corrected chi connectivity index (χ4v) is 6.45. The van der Waals surface area contributed by atoms with Crippen molar-refractivity contribution in [3.05, 3.63) is 54.1 Å². The largest absolute Gasteiger partial charge is 0.339 e. The van der Waals surface area contributed by atoms with Crippen LogP contribution in [0.15, 0.2) is 57.8 Å². The molecule has 3 heterocycles. The van der Waals surface area contributed by atoms with Crippen molar-refractivity contribution in [2.75, 3.05) is 35.6 Å². The van der Waals surface area contributed by atoms with E-state index in [0.717, 1.165) is 16.3 Å². The van der Waals surface area contributed by atoms with Gasteiger partial charge in [0.1, 0.15) is 0 Å². The minimum Gasteiger partial charge on any atom is -0.339 e. The maximum absolute atomic E-state index is 13.1. The highest BCUT2D eigenvalue weighted by Crippen LogP contribution is 2.42. The summed E-state index contributed by atoms with van der Waals surface area (Å²) in [6.45, 7) is 1.41. The van der Waals surface area contributed by atoms with Gasteiger partial charge in [0.15, 0.2) is 5.17 Å². The van der Waals surface area contributed by atoms with Crippen molar-refractivity contribution in [1.82, 2.24) is 4.90 Å². The van der Waals surface area contributed by atoms with Gasteiger partial charge < -0.3 is 15.1 Å². The molecule has 166 valence electrons. The van der Waals surface area contributed by atoms with E-state index in [9.17, 15) is 18.0 Å². The molecule has 3 aliphatic rings. The van der Waals surface area contributed by atoms with E-state index in [1.54, 1.807) is 11.0 Å². The van der Waals surface area contributed by atoms with Crippen LogP contribution in [0, 0.1) is 5.92 Å². The Labute approximate surface area is 190 Å². The van der Waals surface area contributed by atoms with Crippen LogP contribution in [0.2, 0.25) is 0 Å². The number of anilines is 2. The van der Waals surface area contributed by atoms with Crippen molar-refractivity contribution >= 4 is 50.1 Å². The molecule has 0 unspecified atom stereocenters. The van der Waals surface area contributed by atoms with E-state index < -0.39 is 10.0 Å². The molecular formula is C22H22N4O4S2. The molecular weight excluding hydrogens is 448 g/mol. The first-order valence-electron chi connectivity index (χ1n) is 10.5. The zero-order chi connectivity index (χ0) is 22.3. The van der Waals surface area contributed by atoms with E-state index in [2.05, 4.69) is 9.71 Å². The minimum absolute atomic E-state index is 0.00962. The molecule has 0 aromatic heterocycles. The van der Waals surface area contributed by atoms with Gasteiger partial charge in [-0.05, 0) is 54.9 Å². The molecule has 0 spiro atoms. The van der Waals surface area contributed by atoms with Gasteiger partial charge in [0.05, 0.1) is 11.4 Å². The van der Waals surface area contributed by atoms with Crippen molar-refractivity contribution < 1.29 is 18.0 Å². The highest BCUT2D eigenvalue weighted by Gasteiger charge is 2.34. The number of thioether (sulfide) groups is 1. The van der Waals surface area contributed by atoms with Gasteiger partial charge in [-0.3, -0.25) is 9.59 Å². The summed E-state index contributed by atoms with van der Waals surface area (Å²) in [5.74, 6) is -0.214. The Bertz CT molecular complexity index is 1210. The number of amidine groups is 1. The number of fused-ring (bicyclic) bond motifs is 3. The molecule has 2 aromatic rings. The van der Waals surface area contributed by atoms with Crippen LogP contribution in [0.25, 0.3) is 0 Å². The monoisotopic (exact) mass is 470 g/mol. The molecule has 0 aliphatic carbocycles. The summed E-state index contributed by atoms with van der Waals surface area (Å²) in [6, 6.07) is 14.8. The van der Waals surface area contributed by atoms with Crippen LogP contribution in [-0.4, -0.2) is 55.7 Å². The van der Waals surface area contributed by atoms with Crippen LogP contribution in [0.4, 0.5) is 11.4 Å². The van der Waals surface area contributed by atoms with Gasteiger partial charge in [0.2, 0.25) is 5.91 Å². The first-order valence-corrected chi connectivity index (χ1v) is 12.9. The zero-order valence-electron chi connectivity index (χ0n) is 17.2. The second-order valence-corrected chi connectivity index (χ2v) is 10.8. The van der Waals surface area contributed by atoms with Gasteiger partial charge in [0, 0.05) is 41.7 Å². The van der Waals surface area contributed by atoms with Crippen LogP contribution in [0.5, 0.6) is 0 Å². The second-order valence-electron chi connectivity index (χ2n) is 8.02. The topological polar surface area (TPSA) is 99.1 Å². The predicted molar refractivity (Wildman–Crippen MR) is 125 cm³/mol. The lowest BCUT2D eigenvalue weighted by molar-refractivity contribution is -0.121. The van der Waals surface area contributed by atoms with Crippen LogP contribution < -0.4 is 10.2 Å². The Morgan fingerprint density at radius 1 is 1.03 bits per heavy atom. The fraction of sp³-hybridized carbons (Fsp3) is 0.318. The van der Waals surface area contributed by atoms with E-state index >= 15 is 0 Å². The van der Waals surface area contributed by atoms with Crippen molar-refractivity contribution in [3.63, 3.8) is 0 Å². The summed E-state index contributed by atoms with van der Waals surface area (Å²) in [4.78, 5) is 30.1. The zero-order valence-corrected chi connectivity index (χ0v) is 18.9.